The van der Waals surface area contributed by atoms with Crippen LogP contribution in [-0.4, -0.2) is 54.6 Å². The van der Waals surface area contributed by atoms with Gasteiger partial charge in [-0.25, -0.2) is 0 Å². The smallest absolute Gasteiger partial charge is 2.00 e. The van der Waals surface area contributed by atoms with Crippen molar-refractivity contribution in [2.75, 3.05) is 0 Å². The zero-order valence-corrected chi connectivity index (χ0v) is 15.6. The van der Waals surface area contributed by atoms with Crippen molar-refractivity contribution in [3.05, 3.63) is 0 Å². The third-order valence-electron chi connectivity index (χ3n) is 0. The summed E-state index contributed by atoms with van der Waals surface area (Å²) in [6.07, 6.45) is 0. The summed E-state index contributed by atoms with van der Waals surface area (Å²) in [5.41, 5.74) is 0. The van der Waals surface area contributed by atoms with Gasteiger partial charge in [0.05, 0.1) is 0 Å². The number of hydrogen-bond acceptors (Lipinski definition) is 0. The van der Waals surface area contributed by atoms with Gasteiger partial charge in [0.25, 0.3) is 0 Å². The molecule has 0 N–H and O–H groups in total. The monoisotopic (exact) mass is 586 g/mol. The molecule has 0 atom stereocenters. The summed E-state index contributed by atoms with van der Waals surface area (Å²) in [5, 5.41) is 0. The first-order chi connectivity index (χ1) is 0. The first-order valence-corrected chi connectivity index (χ1v) is 0. The zero-order valence-electron chi connectivity index (χ0n) is 4.20. The SMILES string of the molecule is [O-2].[O-2].[O-2].[O-2].[O-2].[Pb+2].[Pb+2].[Sc+3].[Sc+3]. The summed E-state index contributed by atoms with van der Waals surface area (Å²) in [4.78, 5) is 0. The predicted octanol–water partition coefficient (Wildman–Crippen LogP) is -1.36. The van der Waals surface area contributed by atoms with E-state index in [2.05, 4.69) is 0 Å². The van der Waals surface area contributed by atoms with Gasteiger partial charge in [-0.3, -0.25) is 0 Å². The molecule has 0 saturated carbocycles. The van der Waals surface area contributed by atoms with Gasteiger partial charge in [0.1, 0.15) is 0 Å². The summed E-state index contributed by atoms with van der Waals surface area (Å²) >= 11 is 0. The Bertz CT molecular complexity index is 12.9. The quantitative estimate of drug-likeness (QED) is 0.311. The van der Waals surface area contributed by atoms with E-state index >= 15 is 0 Å². The molecule has 0 saturated heterocycles. The first-order valence-electron chi connectivity index (χ1n) is 0. The van der Waals surface area contributed by atoms with Gasteiger partial charge in [0.2, 0.25) is 0 Å². The summed E-state index contributed by atoms with van der Waals surface area (Å²) in [7, 11) is 0. The van der Waals surface area contributed by atoms with Gasteiger partial charge in [0.15, 0.2) is 0 Å². The van der Waals surface area contributed by atoms with Gasteiger partial charge in [-0.2, -0.15) is 0 Å². The Balaban J connectivity index is 0. The van der Waals surface area contributed by atoms with Crippen LogP contribution >= 0.6 is 0 Å². The van der Waals surface area contributed by atoms with Gasteiger partial charge in [-0.05, 0) is 0 Å². The van der Waals surface area contributed by atoms with Crippen molar-refractivity contribution in [1.82, 2.24) is 0 Å². The van der Waals surface area contributed by atoms with E-state index in [0.29, 0.717) is 0 Å². The average molecular weight is 584 g/mol. The second kappa shape index (κ2) is 107. The minimum Gasteiger partial charge on any atom is -2.00 e. The van der Waals surface area contributed by atoms with Crippen LogP contribution in [0.1, 0.15) is 0 Å². The molecule has 9 heavy (non-hydrogen) atoms. The minimum atomic E-state index is 0. The molecule has 0 aromatic carbocycles. The number of rotatable bonds is 0. The van der Waals surface area contributed by atoms with Crippen molar-refractivity contribution in [1.29, 1.82) is 0 Å². The second-order valence-corrected chi connectivity index (χ2v) is 0. The van der Waals surface area contributed by atoms with E-state index < -0.39 is 0 Å². The summed E-state index contributed by atoms with van der Waals surface area (Å²) in [6.45, 7) is 0. The molecule has 9 heteroatoms. The number of hydrogen-bond donors (Lipinski definition) is 0. The van der Waals surface area contributed by atoms with Crippen molar-refractivity contribution < 1.29 is 79.1 Å². The molecule has 44 valence electrons. The van der Waals surface area contributed by atoms with Crippen LogP contribution in [0.25, 0.3) is 0 Å². The van der Waals surface area contributed by atoms with Gasteiger partial charge >= 0.3 is 106 Å². The Morgan fingerprint density at radius 2 is 0.333 bits per heavy atom. The standard InChI is InChI=1S/5O.2Pb.2Sc/q5*-2;2*+2;2*+3. The van der Waals surface area contributed by atoms with Crippen LogP contribution in [0, 0.1) is 0 Å². The fourth-order valence-electron chi connectivity index (χ4n) is 0. The molecule has 0 aliphatic rings. The van der Waals surface area contributed by atoms with Crippen LogP contribution in [0.5, 0.6) is 0 Å². The van der Waals surface area contributed by atoms with E-state index in [1.54, 1.807) is 0 Å². The molecule has 0 spiro atoms. The maximum Gasteiger partial charge on any atom is 3.00 e. The molecule has 0 unspecified atom stereocenters. The third kappa shape index (κ3) is 87.5. The molecule has 0 amide bonds. The van der Waals surface area contributed by atoms with Gasteiger partial charge < -0.3 is 27.4 Å². The summed E-state index contributed by atoms with van der Waals surface area (Å²) in [5.74, 6) is 0. The van der Waals surface area contributed by atoms with Crippen LogP contribution in [0.4, 0.5) is 0 Å². The molecule has 0 bridgehead atoms. The van der Waals surface area contributed by atoms with Gasteiger partial charge in [-0.1, -0.05) is 0 Å². The van der Waals surface area contributed by atoms with Crippen LogP contribution < -0.4 is 0 Å². The normalized spacial score (nSPS) is 0. The second-order valence-electron chi connectivity index (χ2n) is 0. The average Bonchev–Trinajstić information content (AvgIpc) is 0. The zero-order chi connectivity index (χ0) is 0. The molecule has 0 rings (SSSR count). The van der Waals surface area contributed by atoms with Crippen molar-refractivity contribution in [3.8, 4) is 0 Å². The van der Waals surface area contributed by atoms with Crippen molar-refractivity contribution in [2.24, 2.45) is 0 Å². The largest absolute Gasteiger partial charge is 3.00 e. The molecule has 0 aromatic rings. The maximum absolute atomic E-state index is 0. The van der Waals surface area contributed by atoms with Crippen molar-refractivity contribution in [2.45, 2.75) is 0 Å². The molecule has 0 aliphatic heterocycles. The van der Waals surface area contributed by atoms with Crippen LogP contribution in [-0.2, 0) is 79.1 Å². The Morgan fingerprint density at radius 1 is 0.333 bits per heavy atom. The molecular formula is O5Pb2Sc2. The fraction of sp³-hybridized carbons (Fsp3) is 0. The van der Waals surface area contributed by atoms with Crippen molar-refractivity contribution in [3.63, 3.8) is 0 Å². The Morgan fingerprint density at radius 3 is 0.333 bits per heavy atom. The Labute approximate surface area is 131 Å². The molecule has 0 aliphatic carbocycles. The summed E-state index contributed by atoms with van der Waals surface area (Å²) < 4.78 is 0. The Kier molecular flexibility index (Phi) is 1670. The van der Waals surface area contributed by atoms with Gasteiger partial charge in [-0.15, -0.1) is 0 Å². The van der Waals surface area contributed by atoms with E-state index in [0.717, 1.165) is 0 Å². The molecule has 0 aromatic heterocycles. The predicted molar refractivity (Wildman–Crippen MR) is 14.9 cm³/mol. The third-order valence-corrected chi connectivity index (χ3v) is 0. The molecule has 0 heterocycles. The van der Waals surface area contributed by atoms with E-state index in [-0.39, 0.29) is 134 Å². The van der Waals surface area contributed by atoms with Crippen LogP contribution in [0.2, 0.25) is 0 Å². The maximum atomic E-state index is 0. The van der Waals surface area contributed by atoms with Gasteiger partial charge in [0, 0.05) is 0 Å². The van der Waals surface area contributed by atoms with Crippen LogP contribution in [0.3, 0.4) is 0 Å². The molecule has 5 nitrogen and oxygen atoms in total. The summed E-state index contributed by atoms with van der Waals surface area (Å²) in [6, 6.07) is 0. The van der Waals surface area contributed by atoms with Crippen LogP contribution in [0.15, 0.2) is 0 Å². The molecular weight excluding hydrogens is 584 g/mol. The van der Waals surface area contributed by atoms with E-state index in [4.69, 9.17) is 0 Å². The minimum absolute atomic E-state index is 0. The topological polar surface area (TPSA) is 142 Å². The van der Waals surface area contributed by atoms with E-state index in [1.807, 2.05) is 0 Å². The van der Waals surface area contributed by atoms with E-state index in [9.17, 15) is 0 Å². The molecule has 4 radical (unpaired) electrons. The fourth-order valence-corrected chi connectivity index (χ4v) is 0. The first kappa shape index (κ1) is 140. The molecule has 0 fully saturated rings. The van der Waals surface area contributed by atoms with E-state index in [1.165, 1.54) is 0 Å². The van der Waals surface area contributed by atoms with Crippen molar-refractivity contribution >= 4 is 54.6 Å². The Hall–Kier alpha value is 3.38.